The third-order valence-electron chi connectivity index (χ3n) is 4.36. The Hall–Kier alpha value is -1.34. The quantitative estimate of drug-likeness (QED) is 0.440. The van der Waals surface area contributed by atoms with Crippen molar-refractivity contribution in [3.63, 3.8) is 0 Å². The maximum Gasteiger partial charge on any atom is 0.191 e. The van der Waals surface area contributed by atoms with Gasteiger partial charge in [0.25, 0.3) is 0 Å². The lowest BCUT2D eigenvalue weighted by molar-refractivity contribution is 0.198. The number of nitrogens with zero attached hydrogens (tertiary/aromatic N) is 2. The maximum atomic E-state index is 13.3. The number of benzene rings is 1. The molecule has 2 N–H and O–H groups in total. The van der Waals surface area contributed by atoms with Crippen LogP contribution < -0.4 is 10.6 Å². The SMILES string of the molecule is CN=C(NCCCSC)NC1CCN(Cc2ccc(F)c(F)c2)CC1. The maximum absolute atomic E-state index is 13.3. The Bertz CT molecular complexity index is 560. The zero-order chi connectivity index (χ0) is 18.1. The summed E-state index contributed by atoms with van der Waals surface area (Å²) in [6.45, 7) is 3.45. The highest BCUT2D eigenvalue weighted by Gasteiger charge is 2.20. The molecule has 1 aromatic rings. The normalized spacial score (nSPS) is 16.9. The summed E-state index contributed by atoms with van der Waals surface area (Å²) < 4.78 is 26.3. The molecule has 0 aliphatic carbocycles. The number of halogens is 2. The minimum Gasteiger partial charge on any atom is -0.356 e. The molecule has 1 heterocycles. The van der Waals surface area contributed by atoms with Crippen molar-refractivity contribution >= 4 is 17.7 Å². The molecule has 7 heteroatoms. The predicted octanol–water partition coefficient (Wildman–Crippen LogP) is 2.85. The molecule has 4 nitrogen and oxygen atoms in total. The Kier molecular flexibility index (Phi) is 8.48. The van der Waals surface area contributed by atoms with Crippen LogP contribution in [-0.4, -0.2) is 55.6 Å². The van der Waals surface area contributed by atoms with Gasteiger partial charge < -0.3 is 10.6 Å². The minimum atomic E-state index is -0.789. The fraction of sp³-hybridized carbons (Fsp3) is 0.611. The van der Waals surface area contributed by atoms with Crippen LogP contribution in [0.15, 0.2) is 23.2 Å². The highest BCUT2D eigenvalue weighted by molar-refractivity contribution is 7.98. The van der Waals surface area contributed by atoms with Gasteiger partial charge in [-0.3, -0.25) is 9.89 Å². The summed E-state index contributed by atoms with van der Waals surface area (Å²) in [5.41, 5.74) is 0.816. The molecule has 0 amide bonds. The third kappa shape index (κ3) is 6.82. The molecule has 0 radical (unpaired) electrons. The summed E-state index contributed by atoms with van der Waals surface area (Å²) in [6, 6.07) is 4.54. The average Bonchev–Trinajstić information content (AvgIpc) is 2.62. The van der Waals surface area contributed by atoms with Gasteiger partial charge in [-0.15, -0.1) is 0 Å². The van der Waals surface area contributed by atoms with Crippen LogP contribution in [0.1, 0.15) is 24.8 Å². The van der Waals surface area contributed by atoms with Crippen LogP contribution in [0, 0.1) is 11.6 Å². The van der Waals surface area contributed by atoms with E-state index in [1.807, 2.05) is 11.8 Å². The fourth-order valence-electron chi connectivity index (χ4n) is 2.94. The van der Waals surface area contributed by atoms with Crippen molar-refractivity contribution in [2.75, 3.05) is 38.7 Å². The standard InChI is InChI=1S/C18H28F2N4S/c1-21-18(22-8-3-11-25-2)23-15-6-9-24(10-7-15)13-14-4-5-16(19)17(20)12-14/h4-5,12,15H,3,6-11,13H2,1-2H3,(H2,21,22,23). The Labute approximate surface area is 153 Å². The number of hydrogen-bond donors (Lipinski definition) is 2. The lowest BCUT2D eigenvalue weighted by Gasteiger charge is -2.33. The number of hydrogen-bond acceptors (Lipinski definition) is 3. The number of aliphatic imine (C=N–C) groups is 1. The lowest BCUT2D eigenvalue weighted by atomic mass is 10.0. The summed E-state index contributed by atoms with van der Waals surface area (Å²) in [6.07, 6.45) is 5.25. The number of guanidine groups is 1. The summed E-state index contributed by atoms with van der Waals surface area (Å²) >= 11 is 1.85. The van der Waals surface area contributed by atoms with E-state index < -0.39 is 11.6 Å². The van der Waals surface area contributed by atoms with Gasteiger partial charge in [0, 0.05) is 39.3 Å². The van der Waals surface area contributed by atoms with Crippen molar-refractivity contribution in [2.24, 2.45) is 4.99 Å². The molecule has 140 valence electrons. The molecule has 25 heavy (non-hydrogen) atoms. The topological polar surface area (TPSA) is 39.7 Å². The van der Waals surface area contributed by atoms with E-state index in [2.05, 4.69) is 26.8 Å². The zero-order valence-electron chi connectivity index (χ0n) is 15.0. The van der Waals surface area contributed by atoms with Gasteiger partial charge in [-0.05, 0) is 49.0 Å². The first-order valence-electron chi connectivity index (χ1n) is 8.74. The van der Waals surface area contributed by atoms with Crippen LogP contribution in [0.2, 0.25) is 0 Å². The van der Waals surface area contributed by atoms with Crippen molar-refractivity contribution in [1.29, 1.82) is 0 Å². The van der Waals surface area contributed by atoms with E-state index >= 15 is 0 Å². The van der Waals surface area contributed by atoms with Gasteiger partial charge in [-0.2, -0.15) is 11.8 Å². The van der Waals surface area contributed by atoms with Crippen molar-refractivity contribution in [3.05, 3.63) is 35.4 Å². The molecule has 0 spiro atoms. The molecule has 0 unspecified atom stereocenters. The Morgan fingerprint density at radius 1 is 1.28 bits per heavy atom. The van der Waals surface area contributed by atoms with E-state index in [9.17, 15) is 8.78 Å². The van der Waals surface area contributed by atoms with E-state index in [1.165, 1.54) is 12.1 Å². The first-order valence-corrected chi connectivity index (χ1v) is 10.1. The Balaban J connectivity index is 1.72. The van der Waals surface area contributed by atoms with Crippen LogP contribution in [0.5, 0.6) is 0 Å². The van der Waals surface area contributed by atoms with Crippen LogP contribution >= 0.6 is 11.8 Å². The van der Waals surface area contributed by atoms with Gasteiger partial charge in [0.1, 0.15) is 0 Å². The highest BCUT2D eigenvalue weighted by atomic mass is 32.2. The fourth-order valence-corrected chi connectivity index (χ4v) is 3.38. The number of piperidine rings is 1. The second kappa shape index (κ2) is 10.6. The predicted molar refractivity (Wildman–Crippen MR) is 102 cm³/mol. The molecule has 0 aromatic heterocycles. The molecule has 1 saturated heterocycles. The van der Waals surface area contributed by atoms with Gasteiger partial charge >= 0.3 is 0 Å². The van der Waals surface area contributed by atoms with Crippen LogP contribution in [-0.2, 0) is 6.54 Å². The molecule has 1 aliphatic heterocycles. The molecule has 1 aliphatic rings. The summed E-state index contributed by atoms with van der Waals surface area (Å²) in [7, 11) is 1.79. The van der Waals surface area contributed by atoms with Gasteiger partial charge in [0.15, 0.2) is 17.6 Å². The van der Waals surface area contributed by atoms with Crippen molar-refractivity contribution in [2.45, 2.75) is 31.8 Å². The highest BCUT2D eigenvalue weighted by Crippen LogP contribution is 2.15. The molecule has 1 fully saturated rings. The minimum absolute atomic E-state index is 0.396. The van der Waals surface area contributed by atoms with Crippen LogP contribution in [0.4, 0.5) is 8.78 Å². The number of likely N-dealkylation sites (tertiary alicyclic amines) is 1. The van der Waals surface area contributed by atoms with Crippen molar-refractivity contribution in [1.82, 2.24) is 15.5 Å². The van der Waals surface area contributed by atoms with E-state index in [1.54, 1.807) is 13.1 Å². The second-order valence-electron chi connectivity index (χ2n) is 6.29. The molecule has 0 saturated carbocycles. The summed E-state index contributed by atoms with van der Waals surface area (Å²) in [5, 5.41) is 6.83. The van der Waals surface area contributed by atoms with Crippen molar-refractivity contribution in [3.8, 4) is 0 Å². The van der Waals surface area contributed by atoms with Crippen LogP contribution in [0.25, 0.3) is 0 Å². The Morgan fingerprint density at radius 3 is 2.68 bits per heavy atom. The first kappa shape index (κ1) is 20.0. The third-order valence-corrected chi connectivity index (χ3v) is 5.06. The number of nitrogens with one attached hydrogen (secondary N) is 2. The lowest BCUT2D eigenvalue weighted by Crippen LogP contribution is -2.48. The van der Waals surface area contributed by atoms with Gasteiger partial charge in [0.2, 0.25) is 0 Å². The van der Waals surface area contributed by atoms with E-state index in [0.717, 1.165) is 56.2 Å². The first-order chi connectivity index (χ1) is 12.1. The van der Waals surface area contributed by atoms with Crippen molar-refractivity contribution < 1.29 is 8.78 Å². The monoisotopic (exact) mass is 370 g/mol. The van der Waals surface area contributed by atoms with Gasteiger partial charge in [-0.25, -0.2) is 8.78 Å². The molecule has 1 aromatic carbocycles. The molecular weight excluding hydrogens is 342 g/mol. The smallest absolute Gasteiger partial charge is 0.191 e. The largest absolute Gasteiger partial charge is 0.356 e. The molecule has 2 rings (SSSR count). The summed E-state index contributed by atoms with van der Waals surface area (Å²) in [4.78, 5) is 6.56. The Morgan fingerprint density at radius 2 is 2.04 bits per heavy atom. The van der Waals surface area contributed by atoms with Crippen LogP contribution in [0.3, 0.4) is 0 Å². The molecule has 0 atom stereocenters. The number of rotatable bonds is 7. The van der Waals surface area contributed by atoms with E-state index in [4.69, 9.17) is 0 Å². The average molecular weight is 371 g/mol. The van der Waals surface area contributed by atoms with Gasteiger partial charge in [-0.1, -0.05) is 6.07 Å². The summed E-state index contributed by atoms with van der Waals surface area (Å²) in [5.74, 6) is 0.445. The number of thioether (sulfide) groups is 1. The second-order valence-corrected chi connectivity index (χ2v) is 7.27. The zero-order valence-corrected chi connectivity index (χ0v) is 15.8. The van der Waals surface area contributed by atoms with Gasteiger partial charge in [0.05, 0.1) is 0 Å². The van der Waals surface area contributed by atoms with E-state index in [0.29, 0.717) is 12.6 Å². The molecular formula is C18H28F2N4S. The van der Waals surface area contributed by atoms with E-state index in [-0.39, 0.29) is 0 Å². The molecule has 0 bridgehead atoms.